The molecule has 0 aliphatic carbocycles. The Morgan fingerprint density at radius 3 is 1.96 bits per heavy atom. The molecule has 1 unspecified atom stereocenters. The van der Waals surface area contributed by atoms with E-state index in [1.165, 1.54) is 26.0 Å². The average Bonchev–Trinajstić information content (AvgIpc) is 2.94. The number of hydrogen-bond donors (Lipinski definition) is 1. The molecular weight excluding hydrogens is 681 g/mol. The second kappa shape index (κ2) is 13.2. The summed E-state index contributed by atoms with van der Waals surface area (Å²) >= 11 is 0. The van der Waals surface area contributed by atoms with E-state index in [2.05, 4.69) is 14.8 Å². The van der Waals surface area contributed by atoms with E-state index in [9.17, 15) is 67.6 Å². The molecule has 13 nitrogen and oxygen atoms in total. The Morgan fingerprint density at radius 2 is 1.48 bits per heavy atom. The first kappa shape index (κ1) is 37.9. The first-order chi connectivity index (χ1) is 20.8. The normalized spacial score (nSPS) is 16.6. The van der Waals surface area contributed by atoms with Gasteiger partial charge in [0, 0.05) is 25.7 Å². The minimum atomic E-state index is -7.48. The number of nitrogens with zero attached hydrogens (tertiary/aromatic N) is 2. The van der Waals surface area contributed by atoms with Gasteiger partial charge in [0.15, 0.2) is 0 Å². The molecule has 1 aliphatic heterocycles. The van der Waals surface area contributed by atoms with Gasteiger partial charge in [0.2, 0.25) is 0 Å². The molecule has 1 aliphatic rings. The van der Waals surface area contributed by atoms with Crippen molar-refractivity contribution >= 4 is 28.0 Å². The lowest BCUT2D eigenvalue weighted by Crippen LogP contribution is -2.65. The lowest BCUT2D eigenvalue weighted by atomic mass is 9.90. The van der Waals surface area contributed by atoms with E-state index in [-0.39, 0.29) is 29.8 Å². The van der Waals surface area contributed by atoms with E-state index in [1.807, 2.05) is 0 Å². The first-order valence-electron chi connectivity index (χ1n) is 12.0. The first-order valence-corrected chi connectivity index (χ1v) is 13.5. The van der Waals surface area contributed by atoms with Crippen molar-refractivity contribution < 1.29 is 81.4 Å². The van der Waals surface area contributed by atoms with Gasteiger partial charge >= 0.3 is 35.6 Å². The molecule has 23 heteroatoms. The van der Waals surface area contributed by atoms with Crippen molar-refractivity contribution in [3.8, 4) is 0 Å². The van der Waals surface area contributed by atoms with E-state index < -0.39 is 85.4 Å². The number of sulfonamides is 1. The van der Waals surface area contributed by atoms with E-state index in [0.29, 0.717) is 0 Å². The lowest BCUT2D eigenvalue weighted by molar-refractivity contribution is -0.384. The Balaban J connectivity index is 2.30. The number of non-ortho nitro benzene ring substituents is 1. The Morgan fingerprint density at radius 1 is 0.957 bits per heavy atom. The molecule has 0 spiro atoms. The summed E-state index contributed by atoms with van der Waals surface area (Å²) in [6.07, 6.45) is -10.3. The van der Waals surface area contributed by atoms with Gasteiger partial charge in [-0.15, -0.1) is 0 Å². The van der Waals surface area contributed by atoms with E-state index in [0.717, 1.165) is 19.2 Å². The van der Waals surface area contributed by atoms with Crippen LogP contribution in [0.4, 0.5) is 54.8 Å². The molecule has 1 N–H and O–H groups in total. The summed E-state index contributed by atoms with van der Waals surface area (Å²) in [7, 11) is -5.92. The van der Waals surface area contributed by atoms with Crippen molar-refractivity contribution in [1.82, 2.24) is 9.62 Å². The number of carbonyl (C=O) groups is 2. The highest BCUT2D eigenvalue weighted by Gasteiger charge is 2.85. The molecule has 2 rings (SSSR count). The highest BCUT2D eigenvalue weighted by Crippen LogP contribution is 2.55. The monoisotopic (exact) mass is 703 g/mol. The van der Waals surface area contributed by atoms with Crippen molar-refractivity contribution in [2.24, 2.45) is 0 Å². The summed E-state index contributed by atoms with van der Waals surface area (Å²) in [4.78, 5) is 34.9. The van der Waals surface area contributed by atoms with Gasteiger partial charge in [0.05, 0.1) is 23.4 Å². The van der Waals surface area contributed by atoms with Crippen molar-refractivity contribution in [2.75, 3.05) is 27.3 Å². The molecule has 1 heterocycles. The zero-order chi connectivity index (χ0) is 35.6. The van der Waals surface area contributed by atoms with Crippen LogP contribution >= 0.6 is 0 Å². The number of hydrogen-bond acceptors (Lipinski definition) is 11. The van der Waals surface area contributed by atoms with E-state index in [1.54, 1.807) is 0 Å². The lowest BCUT2D eigenvalue weighted by Gasteiger charge is -2.34. The average molecular weight is 703 g/mol. The smallest absolute Gasteiger partial charge is 0.437 e. The number of alkyl halides is 9. The number of allylic oxidation sites excluding steroid dienone is 2. The van der Waals surface area contributed by atoms with Crippen LogP contribution in [-0.4, -0.2) is 80.5 Å². The molecule has 0 fully saturated rings. The highest BCUT2D eigenvalue weighted by atomic mass is 32.2. The number of ether oxygens (including phenoxy) is 4. The zero-order valence-electron chi connectivity index (χ0n) is 23.6. The van der Waals surface area contributed by atoms with Crippen LogP contribution in [0.2, 0.25) is 0 Å². The second-order valence-corrected chi connectivity index (χ2v) is 11.2. The molecule has 0 aromatic heterocycles. The number of dihydropyridines is 1. The molecule has 1 aromatic carbocycles. The van der Waals surface area contributed by atoms with Gasteiger partial charge in [-0.25, -0.2) is 18.0 Å². The van der Waals surface area contributed by atoms with Crippen LogP contribution in [0.15, 0.2) is 47.2 Å². The third-order valence-corrected chi connectivity index (χ3v) is 7.99. The van der Waals surface area contributed by atoms with Gasteiger partial charge in [-0.1, -0.05) is 12.1 Å². The van der Waals surface area contributed by atoms with Crippen molar-refractivity contribution in [1.29, 1.82) is 0 Å². The fourth-order valence-corrected chi connectivity index (χ4v) is 4.85. The SMILES string of the molecule is COC(=O)OC1=C(C)NC(C)=C(OC(=O)OCCN(C)S(=O)(=O)C(F)(F)C(F)(F)C(F)(F)C(F)(F)F)C1c1cccc([N+](=O)[O-])c1. The minimum Gasteiger partial charge on any atom is -0.437 e. The molecule has 46 heavy (non-hydrogen) atoms. The summed E-state index contributed by atoms with van der Waals surface area (Å²) in [6, 6.07) is 4.65. The predicted octanol–water partition coefficient (Wildman–Crippen LogP) is 5.37. The van der Waals surface area contributed by atoms with Gasteiger partial charge in [-0.05, 0) is 19.4 Å². The third-order valence-electron chi connectivity index (χ3n) is 6.08. The fraction of sp³-hybridized carbons (Fsp3) is 0.478. The van der Waals surface area contributed by atoms with Crippen LogP contribution in [0.1, 0.15) is 25.3 Å². The van der Waals surface area contributed by atoms with Crippen LogP contribution < -0.4 is 5.32 Å². The van der Waals surface area contributed by atoms with Gasteiger partial charge in [-0.2, -0.15) is 43.8 Å². The summed E-state index contributed by atoms with van der Waals surface area (Å²) in [5, 5.41) is 6.99. The van der Waals surface area contributed by atoms with Crippen LogP contribution in [0.25, 0.3) is 0 Å². The molecule has 0 radical (unpaired) electrons. The van der Waals surface area contributed by atoms with Crippen LogP contribution in [-0.2, 0) is 29.0 Å². The molecule has 0 saturated carbocycles. The molecule has 258 valence electrons. The van der Waals surface area contributed by atoms with Gasteiger partial charge in [0.25, 0.3) is 15.7 Å². The second-order valence-electron chi connectivity index (χ2n) is 9.14. The van der Waals surface area contributed by atoms with E-state index in [4.69, 9.17) is 9.47 Å². The number of nitro groups is 1. The summed E-state index contributed by atoms with van der Waals surface area (Å²) in [5.74, 6) is -17.1. The molecule has 0 saturated heterocycles. The maximum absolute atomic E-state index is 14.1. The number of benzene rings is 1. The maximum atomic E-state index is 14.1. The van der Waals surface area contributed by atoms with Crippen LogP contribution in [0.5, 0.6) is 0 Å². The standard InChI is InChI=1S/C23H22F9N3O10S/c1-11-16(44-18(36)42-4)15(13-6-5-7-14(10-13)35(38)39)17(12(2)33-11)45-19(37)43-9-8-34(3)46(40,41)23(31,32)21(26,27)20(24,25)22(28,29)30/h5-7,10,15,33H,8-9H2,1-4H3. The Kier molecular flexibility index (Phi) is 10.9. The predicted molar refractivity (Wildman–Crippen MR) is 133 cm³/mol. The summed E-state index contributed by atoms with van der Waals surface area (Å²) < 4.78 is 161. The molecular formula is C23H22F9N3O10S. The number of halogens is 9. The number of nitro benzene ring substituents is 1. The Hall–Kier alpha value is -4.28. The molecule has 1 aromatic rings. The number of nitrogens with one attached hydrogen (secondary N) is 1. The topological polar surface area (TPSA) is 164 Å². The molecule has 1 atom stereocenters. The zero-order valence-corrected chi connectivity index (χ0v) is 24.4. The van der Waals surface area contributed by atoms with Crippen LogP contribution in [0, 0.1) is 10.1 Å². The van der Waals surface area contributed by atoms with E-state index >= 15 is 0 Å². The van der Waals surface area contributed by atoms with Gasteiger partial charge in [-0.3, -0.25) is 10.1 Å². The number of rotatable bonds is 11. The molecule has 0 bridgehead atoms. The van der Waals surface area contributed by atoms with Crippen molar-refractivity contribution in [2.45, 2.75) is 43.0 Å². The maximum Gasteiger partial charge on any atom is 0.513 e. The highest BCUT2D eigenvalue weighted by molar-refractivity contribution is 7.90. The molecule has 0 amide bonds. The summed E-state index contributed by atoms with van der Waals surface area (Å²) in [6.45, 7) is -0.0966. The van der Waals surface area contributed by atoms with Gasteiger partial charge < -0.3 is 24.3 Å². The van der Waals surface area contributed by atoms with Crippen LogP contribution in [0.3, 0.4) is 0 Å². The largest absolute Gasteiger partial charge is 0.513 e. The minimum absolute atomic E-state index is 0.000693. The number of likely N-dealkylation sites (N-methyl/N-ethyl adjacent to an activating group) is 1. The van der Waals surface area contributed by atoms with Crippen molar-refractivity contribution in [3.05, 3.63) is 62.9 Å². The quantitative estimate of drug-likeness (QED) is 0.136. The summed E-state index contributed by atoms with van der Waals surface area (Å²) in [5.41, 5.74) is -0.317. The number of methoxy groups -OCH3 is 1. The third kappa shape index (κ3) is 7.08. The fourth-order valence-electron chi connectivity index (χ4n) is 3.70. The van der Waals surface area contributed by atoms with Gasteiger partial charge in [0.1, 0.15) is 24.0 Å². The Labute approximate surface area is 252 Å². The van der Waals surface area contributed by atoms with Crippen molar-refractivity contribution in [3.63, 3.8) is 0 Å². The number of carbonyl (C=O) groups excluding carboxylic acids is 2. The Bertz CT molecular complexity index is 1550.